The van der Waals surface area contributed by atoms with Crippen molar-refractivity contribution in [3.05, 3.63) is 12.2 Å². The molecule has 2 saturated carbocycles. The van der Waals surface area contributed by atoms with Crippen LogP contribution in [0.3, 0.4) is 0 Å². The van der Waals surface area contributed by atoms with Gasteiger partial charge in [-0.15, -0.1) is 0 Å². The standard InChI is InChI=1S/C17H30N2/c1-19(2)17(8-4-3-5-9-17)13-18-12-16-11-14-6-7-15(16)10-14/h6-7,14-16,18H,3-5,8-13H2,1-2H3. The Hall–Kier alpha value is -0.340. The number of rotatable bonds is 5. The van der Waals surface area contributed by atoms with Gasteiger partial charge in [0.15, 0.2) is 0 Å². The molecular weight excluding hydrogens is 232 g/mol. The minimum atomic E-state index is 0.436. The van der Waals surface area contributed by atoms with Crippen molar-refractivity contribution in [2.24, 2.45) is 17.8 Å². The van der Waals surface area contributed by atoms with Gasteiger partial charge < -0.3 is 10.2 Å². The molecule has 2 nitrogen and oxygen atoms in total. The van der Waals surface area contributed by atoms with Gasteiger partial charge in [-0.3, -0.25) is 0 Å². The summed E-state index contributed by atoms with van der Waals surface area (Å²) >= 11 is 0. The van der Waals surface area contributed by atoms with E-state index in [9.17, 15) is 0 Å². The third kappa shape index (κ3) is 2.75. The highest BCUT2D eigenvalue weighted by Crippen LogP contribution is 2.43. The van der Waals surface area contributed by atoms with Crippen LogP contribution < -0.4 is 5.32 Å². The van der Waals surface area contributed by atoms with Crippen LogP contribution in [-0.2, 0) is 0 Å². The zero-order chi connectivity index (χ0) is 13.3. The molecule has 0 saturated heterocycles. The maximum Gasteiger partial charge on any atom is 0.0327 e. The fourth-order valence-corrected chi connectivity index (χ4v) is 4.61. The number of likely N-dealkylation sites (N-methyl/N-ethyl adjacent to an activating group) is 1. The van der Waals surface area contributed by atoms with Gasteiger partial charge in [0.2, 0.25) is 0 Å². The zero-order valence-electron chi connectivity index (χ0n) is 12.7. The predicted octanol–water partition coefficient (Wildman–Crippen LogP) is 3.05. The molecule has 0 heterocycles. The first kappa shape index (κ1) is 13.6. The van der Waals surface area contributed by atoms with Crippen molar-refractivity contribution in [2.45, 2.75) is 50.5 Å². The molecule has 19 heavy (non-hydrogen) atoms. The van der Waals surface area contributed by atoms with Crippen molar-refractivity contribution >= 4 is 0 Å². The molecule has 2 fully saturated rings. The van der Waals surface area contributed by atoms with Gasteiger partial charge in [-0.25, -0.2) is 0 Å². The van der Waals surface area contributed by atoms with Crippen LogP contribution in [0, 0.1) is 17.8 Å². The molecule has 2 heteroatoms. The first-order chi connectivity index (χ1) is 9.20. The number of hydrogen-bond acceptors (Lipinski definition) is 2. The van der Waals surface area contributed by atoms with Crippen molar-refractivity contribution in [3.8, 4) is 0 Å². The number of allylic oxidation sites excluding steroid dienone is 2. The maximum atomic E-state index is 3.83. The molecule has 0 aromatic heterocycles. The Kier molecular flexibility index (Phi) is 4.00. The summed E-state index contributed by atoms with van der Waals surface area (Å²) in [4.78, 5) is 2.49. The van der Waals surface area contributed by atoms with E-state index in [4.69, 9.17) is 0 Å². The maximum absolute atomic E-state index is 3.83. The van der Waals surface area contributed by atoms with E-state index >= 15 is 0 Å². The van der Waals surface area contributed by atoms with Crippen LogP contribution in [0.1, 0.15) is 44.9 Å². The largest absolute Gasteiger partial charge is 0.315 e. The van der Waals surface area contributed by atoms with Gasteiger partial charge in [-0.1, -0.05) is 31.4 Å². The molecule has 0 aromatic rings. The van der Waals surface area contributed by atoms with Crippen LogP contribution in [0.2, 0.25) is 0 Å². The molecule has 3 rings (SSSR count). The lowest BCUT2D eigenvalue weighted by Gasteiger charge is -2.43. The summed E-state index contributed by atoms with van der Waals surface area (Å²) in [5.41, 5.74) is 0.436. The van der Waals surface area contributed by atoms with Crippen molar-refractivity contribution in [1.82, 2.24) is 10.2 Å². The Morgan fingerprint density at radius 3 is 2.47 bits per heavy atom. The fraction of sp³-hybridized carbons (Fsp3) is 0.882. The van der Waals surface area contributed by atoms with Gasteiger partial charge in [0.05, 0.1) is 0 Å². The van der Waals surface area contributed by atoms with Crippen molar-refractivity contribution in [3.63, 3.8) is 0 Å². The Morgan fingerprint density at radius 1 is 1.11 bits per heavy atom. The van der Waals surface area contributed by atoms with Crippen molar-refractivity contribution < 1.29 is 0 Å². The molecule has 0 radical (unpaired) electrons. The molecule has 0 spiro atoms. The number of nitrogens with zero attached hydrogens (tertiary/aromatic N) is 1. The van der Waals surface area contributed by atoms with E-state index in [2.05, 4.69) is 36.5 Å². The summed E-state index contributed by atoms with van der Waals surface area (Å²) in [6.07, 6.45) is 14.8. The van der Waals surface area contributed by atoms with E-state index in [0.717, 1.165) is 17.8 Å². The molecule has 0 aromatic carbocycles. The van der Waals surface area contributed by atoms with Crippen LogP contribution in [0.4, 0.5) is 0 Å². The predicted molar refractivity (Wildman–Crippen MR) is 81.2 cm³/mol. The molecule has 3 atom stereocenters. The summed E-state index contributed by atoms with van der Waals surface area (Å²) < 4.78 is 0. The van der Waals surface area contributed by atoms with E-state index in [1.54, 1.807) is 0 Å². The van der Waals surface area contributed by atoms with Gasteiger partial charge in [-0.2, -0.15) is 0 Å². The van der Waals surface area contributed by atoms with Gasteiger partial charge in [0, 0.05) is 12.1 Å². The second kappa shape index (κ2) is 5.57. The molecule has 2 bridgehead atoms. The van der Waals surface area contributed by atoms with E-state index < -0.39 is 0 Å². The Balaban J connectivity index is 1.49. The normalized spacial score (nSPS) is 36.3. The lowest BCUT2D eigenvalue weighted by Crippen LogP contribution is -2.53. The summed E-state index contributed by atoms with van der Waals surface area (Å²) in [5, 5.41) is 3.83. The number of fused-ring (bicyclic) bond motifs is 2. The average Bonchev–Trinajstić information content (AvgIpc) is 3.02. The van der Waals surface area contributed by atoms with E-state index in [0.29, 0.717) is 5.54 Å². The minimum absolute atomic E-state index is 0.436. The van der Waals surface area contributed by atoms with Crippen LogP contribution in [0.5, 0.6) is 0 Å². The minimum Gasteiger partial charge on any atom is -0.315 e. The van der Waals surface area contributed by atoms with Gasteiger partial charge >= 0.3 is 0 Å². The van der Waals surface area contributed by atoms with Gasteiger partial charge in [0.1, 0.15) is 0 Å². The van der Waals surface area contributed by atoms with Gasteiger partial charge in [0.25, 0.3) is 0 Å². The zero-order valence-corrected chi connectivity index (χ0v) is 12.7. The third-order valence-corrected chi connectivity index (χ3v) is 6.01. The number of nitrogens with one attached hydrogen (secondary N) is 1. The summed E-state index contributed by atoms with van der Waals surface area (Å²) in [6, 6.07) is 0. The third-order valence-electron chi connectivity index (χ3n) is 6.01. The first-order valence-electron chi connectivity index (χ1n) is 8.26. The molecule has 3 aliphatic rings. The number of hydrogen-bond donors (Lipinski definition) is 1. The highest BCUT2D eigenvalue weighted by atomic mass is 15.2. The smallest absolute Gasteiger partial charge is 0.0327 e. The SMILES string of the molecule is CN(C)C1(CNCC2CC3C=CC2C3)CCCCC1. The van der Waals surface area contributed by atoms with Crippen LogP contribution in [-0.4, -0.2) is 37.6 Å². The summed E-state index contributed by atoms with van der Waals surface area (Å²) in [6.45, 7) is 2.43. The second-order valence-corrected chi connectivity index (χ2v) is 7.35. The highest BCUT2D eigenvalue weighted by Gasteiger charge is 2.37. The van der Waals surface area contributed by atoms with Crippen LogP contribution >= 0.6 is 0 Å². The van der Waals surface area contributed by atoms with E-state index in [-0.39, 0.29) is 0 Å². The monoisotopic (exact) mass is 262 g/mol. The molecule has 0 aliphatic heterocycles. The van der Waals surface area contributed by atoms with Crippen molar-refractivity contribution in [2.75, 3.05) is 27.2 Å². The first-order valence-corrected chi connectivity index (χ1v) is 8.26. The Labute approximate surface area is 118 Å². The second-order valence-electron chi connectivity index (χ2n) is 7.35. The van der Waals surface area contributed by atoms with Crippen molar-refractivity contribution in [1.29, 1.82) is 0 Å². The molecular formula is C17H30N2. The summed E-state index contributed by atoms with van der Waals surface area (Å²) in [5.74, 6) is 2.71. The molecule has 108 valence electrons. The molecule has 3 aliphatic carbocycles. The fourth-order valence-electron chi connectivity index (χ4n) is 4.61. The molecule has 3 unspecified atom stereocenters. The highest BCUT2D eigenvalue weighted by molar-refractivity contribution is 5.10. The van der Waals surface area contributed by atoms with Crippen LogP contribution in [0.25, 0.3) is 0 Å². The topological polar surface area (TPSA) is 15.3 Å². The molecule has 1 N–H and O–H groups in total. The Morgan fingerprint density at radius 2 is 1.89 bits per heavy atom. The quantitative estimate of drug-likeness (QED) is 0.766. The van der Waals surface area contributed by atoms with E-state index in [1.165, 1.54) is 58.0 Å². The Bertz CT molecular complexity index is 328. The average molecular weight is 262 g/mol. The van der Waals surface area contributed by atoms with Gasteiger partial charge in [-0.05, 0) is 64.1 Å². The summed E-state index contributed by atoms with van der Waals surface area (Å²) in [7, 11) is 4.54. The van der Waals surface area contributed by atoms with E-state index in [1.807, 2.05) is 0 Å². The molecule has 0 amide bonds. The lowest BCUT2D eigenvalue weighted by atomic mass is 9.80. The lowest BCUT2D eigenvalue weighted by molar-refractivity contribution is 0.0970. The van der Waals surface area contributed by atoms with Crippen LogP contribution in [0.15, 0.2) is 12.2 Å².